The van der Waals surface area contributed by atoms with Crippen LogP contribution in [0.1, 0.15) is 11.6 Å². The van der Waals surface area contributed by atoms with Crippen molar-refractivity contribution < 1.29 is 4.39 Å². The van der Waals surface area contributed by atoms with Gasteiger partial charge in [-0.3, -0.25) is 4.90 Å². The van der Waals surface area contributed by atoms with Gasteiger partial charge in [-0.25, -0.2) is 4.39 Å². The Kier molecular flexibility index (Phi) is 3.76. The molecule has 1 heterocycles. The molecule has 0 bridgehead atoms. The van der Waals surface area contributed by atoms with Crippen LogP contribution in [0.3, 0.4) is 0 Å². The number of rotatable bonds is 3. The number of hydrogen-bond acceptors (Lipinski definition) is 2. The van der Waals surface area contributed by atoms with Crippen molar-refractivity contribution in [1.82, 2.24) is 10.2 Å². The van der Waals surface area contributed by atoms with Gasteiger partial charge in [0.2, 0.25) is 0 Å². The third-order valence-corrected chi connectivity index (χ3v) is 3.90. The van der Waals surface area contributed by atoms with Gasteiger partial charge in [0.15, 0.2) is 0 Å². The van der Waals surface area contributed by atoms with Gasteiger partial charge >= 0.3 is 0 Å². The van der Waals surface area contributed by atoms with E-state index < -0.39 is 0 Å². The maximum Gasteiger partial charge on any atom is 0.109 e. The summed E-state index contributed by atoms with van der Waals surface area (Å²) in [4.78, 5) is 2.24. The van der Waals surface area contributed by atoms with Gasteiger partial charge in [-0.2, -0.15) is 0 Å². The van der Waals surface area contributed by atoms with Gasteiger partial charge in [-0.1, -0.05) is 36.4 Å². The average molecular weight is 258 g/mol. The Morgan fingerprint density at radius 1 is 1.05 bits per heavy atom. The highest BCUT2D eigenvalue weighted by Crippen LogP contribution is 2.25. The average Bonchev–Trinajstić information content (AvgIpc) is 2.49. The molecule has 1 N–H and O–H groups in total. The molecule has 2 aromatic carbocycles. The highest BCUT2D eigenvalue weighted by atomic mass is 19.1. The molecular formula is C16H19FN2. The van der Waals surface area contributed by atoms with Crippen LogP contribution in [-0.4, -0.2) is 37.8 Å². The Morgan fingerprint density at radius 3 is 2.53 bits per heavy atom. The van der Waals surface area contributed by atoms with Crippen LogP contribution < -0.4 is 5.32 Å². The van der Waals surface area contributed by atoms with Crippen LogP contribution in [0.2, 0.25) is 0 Å². The molecule has 2 nitrogen and oxygen atoms in total. The highest BCUT2D eigenvalue weighted by molar-refractivity contribution is 5.83. The number of benzene rings is 2. The molecule has 19 heavy (non-hydrogen) atoms. The first-order valence-electron chi connectivity index (χ1n) is 6.88. The lowest BCUT2D eigenvalue weighted by atomic mass is 10.0. The van der Waals surface area contributed by atoms with Crippen molar-refractivity contribution in [1.29, 1.82) is 0 Å². The number of alkyl halides is 1. The molecule has 1 atom stereocenters. The van der Waals surface area contributed by atoms with Crippen molar-refractivity contribution in [2.45, 2.75) is 6.04 Å². The van der Waals surface area contributed by atoms with Gasteiger partial charge < -0.3 is 5.32 Å². The molecule has 3 heteroatoms. The van der Waals surface area contributed by atoms with E-state index in [9.17, 15) is 4.39 Å². The van der Waals surface area contributed by atoms with Crippen LogP contribution in [0.4, 0.5) is 4.39 Å². The molecule has 0 aromatic heterocycles. The molecule has 1 aliphatic rings. The molecule has 0 radical (unpaired) electrons. The standard InChI is InChI=1S/C16H19FN2/c17-12-16(19-9-7-18-8-10-19)15-6-5-13-3-1-2-4-14(13)11-15/h1-6,11,16,18H,7-10,12H2/t16-/m1/s1. The summed E-state index contributed by atoms with van der Waals surface area (Å²) in [6, 6.07) is 14.4. The molecule has 2 aromatic rings. The molecular weight excluding hydrogens is 239 g/mol. The van der Waals surface area contributed by atoms with Crippen molar-refractivity contribution in [3.8, 4) is 0 Å². The number of nitrogens with one attached hydrogen (secondary N) is 1. The zero-order valence-corrected chi connectivity index (χ0v) is 11.0. The number of nitrogens with zero attached hydrogens (tertiary/aromatic N) is 1. The smallest absolute Gasteiger partial charge is 0.109 e. The van der Waals surface area contributed by atoms with Crippen LogP contribution in [0.5, 0.6) is 0 Å². The highest BCUT2D eigenvalue weighted by Gasteiger charge is 2.22. The lowest BCUT2D eigenvalue weighted by molar-refractivity contribution is 0.147. The number of piperazine rings is 1. The van der Waals surface area contributed by atoms with E-state index in [1.165, 1.54) is 10.8 Å². The van der Waals surface area contributed by atoms with Crippen molar-refractivity contribution >= 4 is 10.8 Å². The van der Waals surface area contributed by atoms with E-state index in [-0.39, 0.29) is 12.7 Å². The molecule has 0 saturated carbocycles. The predicted octanol–water partition coefficient (Wildman–Crippen LogP) is 2.76. The largest absolute Gasteiger partial charge is 0.314 e. The third-order valence-electron chi connectivity index (χ3n) is 3.90. The maximum atomic E-state index is 13.5. The third kappa shape index (κ3) is 2.62. The van der Waals surface area contributed by atoms with Crippen LogP contribution in [0, 0.1) is 0 Å². The number of halogens is 1. The Balaban J connectivity index is 1.91. The predicted molar refractivity (Wildman–Crippen MR) is 77.1 cm³/mol. The van der Waals surface area contributed by atoms with Crippen LogP contribution >= 0.6 is 0 Å². The van der Waals surface area contributed by atoms with Crippen molar-refractivity contribution in [3.63, 3.8) is 0 Å². The molecule has 3 rings (SSSR count). The van der Waals surface area contributed by atoms with Gasteiger partial charge in [-0.15, -0.1) is 0 Å². The molecule has 0 amide bonds. The van der Waals surface area contributed by atoms with Crippen molar-refractivity contribution in [2.24, 2.45) is 0 Å². The van der Waals surface area contributed by atoms with E-state index >= 15 is 0 Å². The quantitative estimate of drug-likeness (QED) is 0.910. The van der Waals surface area contributed by atoms with Crippen molar-refractivity contribution in [2.75, 3.05) is 32.9 Å². The zero-order valence-electron chi connectivity index (χ0n) is 11.0. The fourth-order valence-electron chi connectivity index (χ4n) is 2.81. The van der Waals surface area contributed by atoms with Gasteiger partial charge in [0.1, 0.15) is 6.67 Å². The van der Waals surface area contributed by atoms with Crippen LogP contribution in [0.15, 0.2) is 42.5 Å². The molecule has 1 fully saturated rings. The Labute approximate surface area is 113 Å². The first-order chi connectivity index (χ1) is 9.38. The maximum absolute atomic E-state index is 13.5. The molecule has 0 aliphatic carbocycles. The lowest BCUT2D eigenvalue weighted by Gasteiger charge is -2.33. The molecule has 1 saturated heterocycles. The summed E-state index contributed by atoms with van der Waals surface area (Å²) in [6.07, 6.45) is 0. The number of fused-ring (bicyclic) bond motifs is 1. The zero-order chi connectivity index (χ0) is 13.1. The summed E-state index contributed by atoms with van der Waals surface area (Å²) in [7, 11) is 0. The SMILES string of the molecule is FC[C@H](c1ccc2ccccc2c1)N1CCNCC1. The number of hydrogen-bond donors (Lipinski definition) is 1. The normalized spacial score (nSPS) is 18.6. The minimum Gasteiger partial charge on any atom is -0.314 e. The molecule has 1 aliphatic heterocycles. The second kappa shape index (κ2) is 5.68. The van der Waals surface area contributed by atoms with Gasteiger partial charge in [0.25, 0.3) is 0 Å². The van der Waals surface area contributed by atoms with Gasteiger partial charge in [-0.05, 0) is 22.4 Å². The van der Waals surface area contributed by atoms with E-state index in [1.807, 2.05) is 12.1 Å². The van der Waals surface area contributed by atoms with Gasteiger partial charge in [0, 0.05) is 26.2 Å². The summed E-state index contributed by atoms with van der Waals surface area (Å²) >= 11 is 0. The first kappa shape index (κ1) is 12.6. The minimum absolute atomic E-state index is 0.105. The van der Waals surface area contributed by atoms with Gasteiger partial charge in [0.05, 0.1) is 6.04 Å². The topological polar surface area (TPSA) is 15.3 Å². The van der Waals surface area contributed by atoms with E-state index in [2.05, 4.69) is 40.5 Å². The summed E-state index contributed by atoms with van der Waals surface area (Å²) in [5.41, 5.74) is 1.09. The monoisotopic (exact) mass is 258 g/mol. The fraction of sp³-hybridized carbons (Fsp3) is 0.375. The molecule has 0 spiro atoms. The van der Waals surface area contributed by atoms with E-state index in [0.29, 0.717) is 0 Å². The van der Waals surface area contributed by atoms with Crippen LogP contribution in [-0.2, 0) is 0 Å². The van der Waals surface area contributed by atoms with Crippen LogP contribution in [0.25, 0.3) is 10.8 Å². The molecule has 0 unspecified atom stereocenters. The van der Waals surface area contributed by atoms with E-state index in [1.54, 1.807) is 0 Å². The van der Waals surface area contributed by atoms with E-state index in [0.717, 1.165) is 31.7 Å². The summed E-state index contributed by atoms with van der Waals surface area (Å²) in [5, 5.41) is 5.71. The molecule has 100 valence electrons. The summed E-state index contributed by atoms with van der Waals surface area (Å²) in [5.74, 6) is 0. The Bertz CT molecular complexity index is 549. The van der Waals surface area contributed by atoms with E-state index in [4.69, 9.17) is 0 Å². The second-order valence-electron chi connectivity index (χ2n) is 5.06. The lowest BCUT2D eigenvalue weighted by Crippen LogP contribution is -2.45. The minimum atomic E-state index is -0.321. The first-order valence-corrected chi connectivity index (χ1v) is 6.88. The Morgan fingerprint density at radius 2 is 1.79 bits per heavy atom. The fourth-order valence-corrected chi connectivity index (χ4v) is 2.81. The summed E-state index contributed by atoms with van der Waals surface area (Å²) < 4.78 is 13.5. The van der Waals surface area contributed by atoms with Crippen molar-refractivity contribution in [3.05, 3.63) is 48.0 Å². The second-order valence-corrected chi connectivity index (χ2v) is 5.06. The Hall–Kier alpha value is -1.45. The summed E-state index contributed by atoms with van der Waals surface area (Å²) in [6.45, 7) is 3.41.